The number of nitrogens with zero attached hydrogens (tertiary/aromatic N) is 2. The Bertz CT molecular complexity index is 1110. The normalized spacial score (nSPS) is 15.2. The van der Waals surface area contributed by atoms with E-state index in [9.17, 15) is 13.2 Å². The maximum atomic E-state index is 12.8. The fourth-order valence-electron chi connectivity index (χ4n) is 4.37. The SMILES string of the molecule is CCc1cc2ccc(CCN3CC=C(c4ccc(C(F)(F)F)cc4)CC3)cc2c(CC)n1. The van der Waals surface area contributed by atoms with E-state index in [2.05, 4.69) is 49.1 Å². The second-order valence-corrected chi connectivity index (χ2v) is 8.43. The zero-order valence-electron chi connectivity index (χ0n) is 18.7. The topological polar surface area (TPSA) is 16.1 Å². The Kier molecular flexibility index (Phi) is 6.66. The molecule has 0 aliphatic carbocycles. The predicted molar refractivity (Wildman–Crippen MR) is 125 cm³/mol. The van der Waals surface area contributed by atoms with Crippen molar-refractivity contribution in [3.8, 4) is 0 Å². The highest BCUT2D eigenvalue weighted by molar-refractivity contribution is 5.85. The lowest BCUT2D eigenvalue weighted by atomic mass is 9.98. The Morgan fingerprint density at radius 3 is 2.38 bits per heavy atom. The number of benzene rings is 2. The number of aryl methyl sites for hydroxylation is 2. The number of halogens is 3. The van der Waals surface area contributed by atoms with E-state index in [1.165, 1.54) is 34.2 Å². The molecule has 0 radical (unpaired) electrons. The third kappa shape index (κ3) is 5.04. The van der Waals surface area contributed by atoms with Crippen LogP contribution in [-0.4, -0.2) is 29.5 Å². The predicted octanol–water partition coefficient (Wildman–Crippen LogP) is 6.71. The highest BCUT2D eigenvalue weighted by Gasteiger charge is 2.30. The van der Waals surface area contributed by atoms with Gasteiger partial charge in [0.25, 0.3) is 0 Å². The summed E-state index contributed by atoms with van der Waals surface area (Å²) in [5.74, 6) is 0. The summed E-state index contributed by atoms with van der Waals surface area (Å²) in [6.07, 6.45) is 1.56. The van der Waals surface area contributed by atoms with Gasteiger partial charge >= 0.3 is 6.18 Å². The molecule has 1 aromatic heterocycles. The van der Waals surface area contributed by atoms with Gasteiger partial charge in [-0.3, -0.25) is 9.88 Å². The summed E-state index contributed by atoms with van der Waals surface area (Å²) in [5.41, 5.74) is 5.05. The summed E-state index contributed by atoms with van der Waals surface area (Å²) in [7, 11) is 0. The van der Waals surface area contributed by atoms with E-state index in [1.807, 2.05) is 0 Å². The van der Waals surface area contributed by atoms with Crippen LogP contribution in [0.1, 0.15) is 48.3 Å². The molecule has 2 nitrogen and oxygen atoms in total. The highest BCUT2D eigenvalue weighted by atomic mass is 19.4. The first-order valence-corrected chi connectivity index (χ1v) is 11.4. The molecule has 2 heterocycles. The van der Waals surface area contributed by atoms with Gasteiger partial charge in [-0.1, -0.05) is 44.2 Å². The quantitative estimate of drug-likeness (QED) is 0.425. The minimum Gasteiger partial charge on any atom is -0.299 e. The van der Waals surface area contributed by atoms with Gasteiger partial charge in [-0.25, -0.2) is 0 Å². The highest BCUT2D eigenvalue weighted by Crippen LogP contribution is 2.31. The van der Waals surface area contributed by atoms with Gasteiger partial charge in [0.2, 0.25) is 0 Å². The summed E-state index contributed by atoms with van der Waals surface area (Å²) in [5, 5.41) is 2.52. The van der Waals surface area contributed by atoms with Crippen LogP contribution >= 0.6 is 0 Å². The molecular weight excluding hydrogens is 409 g/mol. The molecular formula is C27H29F3N2. The van der Waals surface area contributed by atoms with Crippen molar-refractivity contribution >= 4 is 16.3 Å². The van der Waals surface area contributed by atoms with Gasteiger partial charge in [-0.05, 0) is 72.0 Å². The molecule has 0 atom stereocenters. The van der Waals surface area contributed by atoms with Crippen molar-refractivity contribution in [1.29, 1.82) is 0 Å². The summed E-state index contributed by atoms with van der Waals surface area (Å²) in [6, 6.07) is 14.4. The lowest BCUT2D eigenvalue weighted by Gasteiger charge is -2.26. The van der Waals surface area contributed by atoms with Crippen molar-refractivity contribution in [3.63, 3.8) is 0 Å². The van der Waals surface area contributed by atoms with E-state index < -0.39 is 11.7 Å². The van der Waals surface area contributed by atoms with Gasteiger partial charge in [0, 0.05) is 36.4 Å². The minimum atomic E-state index is -4.29. The molecule has 5 heteroatoms. The van der Waals surface area contributed by atoms with Crippen molar-refractivity contribution < 1.29 is 13.2 Å². The van der Waals surface area contributed by atoms with Crippen molar-refractivity contribution in [3.05, 3.63) is 82.7 Å². The van der Waals surface area contributed by atoms with Crippen molar-refractivity contribution in [2.24, 2.45) is 0 Å². The first kappa shape index (κ1) is 22.5. The molecule has 0 spiro atoms. The van der Waals surface area contributed by atoms with Crippen LogP contribution in [0.5, 0.6) is 0 Å². The number of alkyl halides is 3. The number of rotatable bonds is 6. The molecule has 0 saturated carbocycles. The largest absolute Gasteiger partial charge is 0.416 e. The third-order valence-electron chi connectivity index (χ3n) is 6.32. The molecule has 0 bridgehead atoms. The lowest BCUT2D eigenvalue weighted by Crippen LogP contribution is -2.30. The van der Waals surface area contributed by atoms with Gasteiger partial charge in [0.1, 0.15) is 0 Å². The lowest BCUT2D eigenvalue weighted by molar-refractivity contribution is -0.137. The molecule has 1 aliphatic heterocycles. The fraction of sp³-hybridized carbons (Fsp3) is 0.370. The van der Waals surface area contributed by atoms with Crippen LogP contribution in [0.15, 0.2) is 54.6 Å². The van der Waals surface area contributed by atoms with E-state index in [-0.39, 0.29) is 0 Å². The van der Waals surface area contributed by atoms with Gasteiger partial charge in [0.15, 0.2) is 0 Å². The van der Waals surface area contributed by atoms with Crippen molar-refractivity contribution in [1.82, 2.24) is 9.88 Å². The zero-order valence-corrected chi connectivity index (χ0v) is 18.7. The third-order valence-corrected chi connectivity index (χ3v) is 6.32. The number of pyridine rings is 1. The average Bonchev–Trinajstić information content (AvgIpc) is 2.81. The minimum absolute atomic E-state index is 0.595. The molecule has 3 aromatic rings. The molecule has 0 amide bonds. The Balaban J connectivity index is 1.39. The first-order valence-electron chi connectivity index (χ1n) is 11.4. The monoisotopic (exact) mass is 438 g/mol. The van der Waals surface area contributed by atoms with Crippen molar-refractivity contribution in [2.45, 2.75) is 45.7 Å². The molecule has 168 valence electrons. The maximum Gasteiger partial charge on any atom is 0.416 e. The Labute approximate surface area is 187 Å². The number of hydrogen-bond acceptors (Lipinski definition) is 2. The second-order valence-electron chi connectivity index (χ2n) is 8.43. The Hall–Kier alpha value is -2.66. The standard InChI is InChI=1S/C27H29F3N2/c1-3-24-18-22-6-5-19(17-25(22)26(4-2)31-24)11-14-32-15-12-21(13-16-32)20-7-9-23(10-8-20)27(28,29)30/h5-10,12,17-18H,3-4,11,13-16H2,1-2H3. The zero-order chi connectivity index (χ0) is 22.7. The molecule has 0 saturated heterocycles. The van der Waals surface area contributed by atoms with Crippen molar-refractivity contribution in [2.75, 3.05) is 19.6 Å². The molecule has 4 rings (SSSR count). The van der Waals surface area contributed by atoms with E-state index >= 15 is 0 Å². The number of aromatic nitrogens is 1. The van der Waals surface area contributed by atoms with E-state index in [4.69, 9.17) is 4.98 Å². The number of fused-ring (bicyclic) bond motifs is 1. The van der Waals surface area contributed by atoms with E-state index in [1.54, 1.807) is 12.1 Å². The summed E-state index contributed by atoms with van der Waals surface area (Å²) >= 11 is 0. The van der Waals surface area contributed by atoms with Gasteiger partial charge in [-0.15, -0.1) is 0 Å². The summed E-state index contributed by atoms with van der Waals surface area (Å²) in [4.78, 5) is 7.20. The second kappa shape index (κ2) is 9.45. The first-order chi connectivity index (χ1) is 15.4. The molecule has 0 N–H and O–H groups in total. The van der Waals surface area contributed by atoms with Crippen LogP contribution in [0.3, 0.4) is 0 Å². The number of hydrogen-bond donors (Lipinski definition) is 0. The van der Waals surface area contributed by atoms with Gasteiger partial charge in [0.05, 0.1) is 5.56 Å². The molecule has 0 unspecified atom stereocenters. The fourth-order valence-corrected chi connectivity index (χ4v) is 4.37. The molecule has 1 aliphatic rings. The van der Waals surface area contributed by atoms with Crippen LogP contribution in [0, 0.1) is 0 Å². The van der Waals surface area contributed by atoms with Crippen LogP contribution < -0.4 is 0 Å². The average molecular weight is 439 g/mol. The maximum absolute atomic E-state index is 12.8. The van der Waals surface area contributed by atoms with Crippen LogP contribution in [0.25, 0.3) is 16.3 Å². The van der Waals surface area contributed by atoms with Crippen LogP contribution in [-0.2, 0) is 25.4 Å². The van der Waals surface area contributed by atoms with E-state index in [0.29, 0.717) is 0 Å². The Morgan fingerprint density at radius 2 is 1.75 bits per heavy atom. The van der Waals surface area contributed by atoms with Crippen LogP contribution in [0.4, 0.5) is 13.2 Å². The smallest absolute Gasteiger partial charge is 0.299 e. The van der Waals surface area contributed by atoms with Gasteiger partial charge < -0.3 is 0 Å². The summed E-state index contributed by atoms with van der Waals surface area (Å²) in [6.45, 7) is 7.00. The molecule has 2 aromatic carbocycles. The van der Waals surface area contributed by atoms with E-state index in [0.717, 1.165) is 62.1 Å². The van der Waals surface area contributed by atoms with Crippen LogP contribution in [0.2, 0.25) is 0 Å². The summed E-state index contributed by atoms with van der Waals surface area (Å²) < 4.78 is 38.3. The van der Waals surface area contributed by atoms with Gasteiger partial charge in [-0.2, -0.15) is 13.2 Å². The Morgan fingerprint density at radius 1 is 0.969 bits per heavy atom. The molecule has 0 fully saturated rings. The molecule has 32 heavy (non-hydrogen) atoms.